The average molecular weight is 572 g/mol. The summed E-state index contributed by atoms with van der Waals surface area (Å²) in [5, 5.41) is 18.2. The normalized spacial score (nSPS) is 17.5. The van der Waals surface area contributed by atoms with Crippen LogP contribution in [0.3, 0.4) is 0 Å². The van der Waals surface area contributed by atoms with Gasteiger partial charge in [0.15, 0.2) is 5.69 Å². The minimum absolute atomic E-state index is 0.0265. The molecule has 8 nitrogen and oxygen atoms in total. The van der Waals surface area contributed by atoms with Crippen LogP contribution in [0, 0.1) is 5.92 Å². The number of aliphatic carboxylic acids is 1. The Labute approximate surface area is 224 Å². The monoisotopic (exact) mass is 571 g/mol. The van der Waals surface area contributed by atoms with E-state index in [1.165, 1.54) is 42.3 Å². The van der Waals surface area contributed by atoms with Gasteiger partial charge in [-0.15, -0.1) is 11.3 Å². The fourth-order valence-electron chi connectivity index (χ4n) is 4.52. The Kier molecular flexibility index (Phi) is 8.35. The van der Waals surface area contributed by atoms with Crippen LogP contribution in [0.4, 0.5) is 22.0 Å². The minimum Gasteiger partial charge on any atom is -0.481 e. The van der Waals surface area contributed by atoms with Crippen LogP contribution >= 0.6 is 11.3 Å². The molecule has 0 radical (unpaired) electrons. The molecule has 1 aromatic carbocycles. The number of piperidine rings is 1. The number of carbonyl (C=O) groups is 2. The summed E-state index contributed by atoms with van der Waals surface area (Å²) in [5.41, 5.74) is -1.41. The Morgan fingerprint density at radius 2 is 2.00 bits per heavy atom. The molecule has 1 fully saturated rings. The number of hydrogen-bond donors (Lipinski definition) is 2. The Balaban J connectivity index is 1.62. The molecule has 3 heterocycles. The maximum atomic E-state index is 13.8. The molecule has 0 aliphatic carbocycles. The van der Waals surface area contributed by atoms with Crippen molar-refractivity contribution in [2.24, 2.45) is 5.92 Å². The summed E-state index contributed by atoms with van der Waals surface area (Å²) in [5.74, 6) is -5.90. The van der Waals surface area contributed by atoms with Crippen molar-refractivity contribution in [3.05, 3.63) is 53.2 Å². The van der Waals surface area contributed by atoms with Gasteiger partial charge < -0.3 is 10.4 Å². The zero-order valence-corrected chi connectivity index (χ0v) is 21.6. The van der Waals surface area contributed by atoms with Crippen molar-refractivity contribution in [3.63, 3.8) is 0 Å². The van der Waals surface area contributed by atoms with E-state index in [1.807, 2.05) is 0 Å². The molecule has 39 heavy (non-hydrogen) atoms. The molecule has 14 heteroatoms. The summed E-state index contributed by atoms with van der Waals surface area (Å²) in [4.78, 5) is 30.6. The number of likely N-dealkylation sites (tertiary alicyclic amines) is 1. The lowest BCUT2D eigenvalue weighted by Crippen LogP contribution is -2.47. The number of carboxylic acid groups (broad SMARTS) is 1. The van der Waals surface area contributed by atoms with Crippen LogP contribution in [0.2, 0.25) is 0 Å². The molecule has 2 unspecified atom stereocenters. The van der Waals surface area contributed by atoms with Crippen molar-refractivity contribution in [1.82, 2.24) is 25.0 Å². The van der Waals surface area contributed by atoms with Crippen LogP contribution in [0.15, 0.2) is 41.9 Å². The number of nitrogens with zero attached hydrogens (tertiary/aromatic N) is 4. The Morgan fingerprint density at radius 3 is 2.64 bits per heavy atom. The topological polar surface area (TPSA) is 100 Å². The maximum Gasteiger partial charge on any atom is 0.417 e. The number of nitrogens with one attached hydrogen (secondary N) is 1. The number of halogens is 5. The molecule has 0 spiro atoms. The van der Waals surface area contributed by atoms with Gasteiger partial charge in [0.05, 0.1) is 23.7 Å². The van der Waals surface area contributed by atoms with E-state index in [1.54, 1.807) is 5.38 Å². The third kappa shape index (κ3) is 6.79. The van der Waals surface area contributed by atoms with Crippen LogP contribution in [0.5, 0.6) is 0 Å². The van der Waals surface area contributed by atoms with Crippen molar-refractivity contribution in [3.8, 4) is 16.4 Å². The molecule has 2 aromatic heterocycles. The lowest BCUT2D eigenvalue weighted by atomic mass is 9.97. The Morgan fingerprint density at radius 1 is 1.26 bits per heavy atom. The number of aromatic nitrogens is 3. The number of rotatable bonds is 9. The molecule has 1 saturated heterocycles. The predicted octanol–water partition coefficient (Wildman–Crippen LogP) is 4.95. The second-order valence-electron chi connectivity index (χ2n) is 9.42. The van der Waals surface area contributed by atoms with Gasteiger partial charge in [-0.3, -0.25) is 14.5 Å². The average Bonchev–Trinajstić information content (AvgIpc) is 3.55. The van der Waals surface area contributed by atoms with Gasteiger partial charge >= 0.3 is 12.1 Å². The van der Waals surface area contributed by atoms with Gasteiger partial charge in [0.25, 0.3) is 11.8 Å². The number of amides is 1. The first-order valence-electron chi connectivity index (χ1n) is 12.2. The Bertz CT molecular complexity index is 1310. The van der Waals surface area contributed by atoms with E-state index in [0.29, 0.717) is 13.0 Å². The van der Waals surface area contributed by atoms with E-state index in [2.05, 4.69) is 15.4 Å². The van der Waals surface area contributed by atoms with Crippen LogP contribution < -0.4 is 5.32 Å². The van der Waals surface area contributed by atoms with Gasteiger partial charge in [-0.2, -0.15) is 18.3 Å². The summed E-state index contributed by atoms with van der Waals surface area (Å²) >= 11 is 1.10. The predicted molar refractivity (Wildman–Crippen MR) is 133 cm³/mol. The fraction of sp³-hybridized carbons (Fsp3) is 0.440. The van der Waals surface area contributed by atoms with E-state index in [4.69, 9.17) is 0 Å². The van der Waals surface area contributed by atoms with E-state index in [9.17, 15) is 36.6 Å². The minimum atomic E-state index is -4.68. The summed E-state index contributed by atoms with van der Waals surface area (Å²) in [6.07, 6.45) is -3.07. The highest BCUT2D eigenvalue weighted by Crippen LogP contribution is 2.38. The summed E-state index contributed by atoms with van der Waals surface area (Å²) in [6.45, 7) is 1.50. The van der Waals surface area contributed by atoms with Crippen LogP contribution in [0.1, 0.15) is 42.2 Å². The highest BCUT2D eigenvalue weighted by molar-refractivity contribution is 7.12. The zero-order chi connectivity index (χ0) is 28.4. The summed E-state index contributed by atoms with van der Waals surface area (Å²) < 4.78 is 70.0. The lowest BCUT2D eigenvalue weighted by molar-refractivity contribution is -0.142. The van der Waals surface area contributed by atoms with Crippen molar-refractivity contribution in [2.45, 2.75) is 44.3 Å². The van der Waals surface area contributed by atoms with Gasteiger partial charge in [0, 0.05) is 36.1 Å². The molecule has 2 atom stereocenters. The molecular weight excluding hydrogens is 545 g/mol. The highest BCUT2D eigenvalue weighted by atomic mass is 32.1. The second-order valence-corrected chi connectivity index (χ2v) is 10.3. The first-order chi connectivity index (χ1) is 18.4. The first kappa shape index (κ1) is 28.6. The summed E-state index contributed by atoms with van der Waals surface area (Å²) in [6, 6.07) is 5.10. The third-order valence-electron chi connectivity index (χ3n) is 6.59. The maximum absolute atomic E-state index is 13.8. The molecule has 1 aliphatic rings. The zero-order valence-electron chi connectivity index (χ0n) is 20.8. The van der Waals surface area contributed by atoms with Gasteiger partial charge in [-0.05, 0) is 38.4 Å². The number of thiazole rings is 1. The van der Waals surface area contributed by atoms with E-state index < -0.39 is 48.0 Å². The fourth-order valence-corrected chi connectivity index (χ4v) is 5.13. The highest BCUT2D eigenvalue weighted by Gasteiger charge is 2.37. The number of carboxylic acids is 1. The van der Waals surface area contributed by atoms with E-state index >= 15 is 0 Å². The van der Waals surface area contributed by atoms with Gasteiger partial charge in [0.2, 0.25) is 5.13 Å². The molecule has 1 amide bonds. The number of carbonyl (C=O) groups excluding carboxylic acids is 1. The van der Waals surface area contributed by atoms with Crippen molar-refractivity contribution < 1.29 is 36.6 Å². The lowest BCUT2D eigenvalue weighted by Gasteiger charge is -2.33. The SMILES string of the molecule is CC(C(=O)O)C(CCN1CCCC(F)(F)C1)NC(=O)c1cc(-c2ccccc2C(F)(F)F)n(-c2nccs2)n1. The molecule has 3 aromatic rings. The van der Waals surface area contributed by atoms with Crippen molar-refractivity contribution in [2.75, 3.05) is 19.6 Å². The molecule has 4 rings (SSSR count). The summed E-state index contributed by atoms with van der Waals surface area (Å²) in [7, 11) is 0. The molecule has 210 valence electrons. The third-order valence-corrected chi connectivity index (χ3v) is 7.34. The first-order valence-corrected chi connectivity index (χ1v) is 13.0. The molecule has 2 N–H and O–H groups in total. The van der Waals surface area contributed by atoms with Crippen molar-refractivity contribution >= 4 is 23.2 Å². The molecule has 0 saturated carbocycles. The van der Waals surface area contributed by atoms with E-state index in [0.717, 1.165) is 22.1 Å². The van der Waals surface area contributed by atoms with Gasteiger partial charge in [0.1, 0.15) is 0 Å². The van der Waals surface area contributed by atoms with E-state index in [-0.39, 0.29) is 41.5 Å². The second kappa shape index (κ2) is 11.4. The molecule has 0 bridgehead atoms. The van der Waals surface area contributed by atoms with Gasteiger partial charge in [-0.25, -0.2) is 18.4 Å². The quantitative estimate of drug-likeness (QED) is 0.353. The van der Waals surface area contributed by atoms with Gasteiger partial charge in [-0.1, -0.05) is 18.2 Å². The molecule has 1 aliphatic heterocycles. The molecular formula is C25H26F5N5O3S. The Hall–Kier alpha value is -3.39. The van der Waals surface area contributed by atoms with Crippen molar-refractivity contribution in [1.29, 1.82) is 0 Å². The number of benzene rings is 1. The largest absolute Gasteiger partial charge is 0.481 e. The smallest absolute Gasteiger partial charge is 0.417 e. The number of alkyl halides is 5. The van der Waals surface area contributed by atoms with Crippen LogP contribution in [-0.2, 0) is 11.0 Å². The van der Waals surface area contributed by atoms with Crippen LogP contribution in [0.25, 0.3) is 16.4 Å². The number of hydrogen-bond acceptors (Lipinski definition) is 6. The van der Waals surface area contributed by atoms with Crippen LogP contribution in [-0.4, -0.2) is 68.2 Å². The standard InChI is InChI=1S/C25H26F5N5O3S/c1-15(22(37)38)18(7-11-34-10-4-8-24(26,27)14-34)32-21(36)19-13-20(35(33-19)23-31-9-12-39-23)16-5-2-3-6-17(16)25(28,29)30/h2-3,5-6,9,12-13,15,18H,4,7-8,10-11,14H2,1H3,(H,32,36)(H,37,38).